The Morgan fingerprint density at radius 2 is 2.50 bits per heavy atom. The molecule has 0 spiro atoms. The Morgan fingerprint density at radius 1 is 1.75 bits per heavy atom. The molecule has 0 bridgehead atoms. The largest absolute Gasteiger partial charge is 0.306 e. The second kappa shape index (κ2) is 3.85. The third-order valence-electron chi connectivity index (χ3n) is 1.57. The molecule has 1 aromatic heterocycles. The number of aryl methyl sites for hydroxylation is 1. The second-order valence-corrected chi connectivity index (χ2v) is 2.57. The van der Waals surface area contributed by atoms with Crippen LogP contribution in [0.2, 0.25) is 0 Å². The third kappa shape index (κ3) is 2.05. The summed E-state index contributed by atoms with van der Waals surface area (Å²) in [5, 5.41) is 14.1. The molecule has 5 nitrogen and oxygen atoms in total. The first kappa shape index (κ1) is 8.70. The molecule has 0 amide bonds. The van der Waals surface area contributed by atoms with E-state index < -0.39 is 4.92 Å². The van der Waals surface area contributed by atoms with E-state index in [1.165, 1.54) is 12.4 Å². The maximum absolute atomic E-state index is 10.2. The maximum Gasteiger partial charge on any atom is 0.306 e. The minimum atomic E-state index is -0.435. The van der Waals surface area contributed by atoms with Gasteiger partial charge in [0.15, 0.2) is 0 Å². The number of hydrogen-bond acceptors (Lipinski definition) is 3. The number of aromatic nitrogens is 2. The van der Waals surface area contributed by atoms with E-state index >= 15 is 0 Å². The Balaban J connectivity index is 2.58. The first-order valence-corrected chi connectivity index (χ1v) is 3.91. The SMILES string of the molecule is CCCCn1cc([N+](=O)[O-])cn1. The molecule has 12 heavy (non-hydrogen) atoms. The molecule has 5 heteroatoms. The molecule has 0 N–H and O–H groups in total. The number of hydrogen-bond donors (Lipinski definition) is 0. The standard InChI is InChI=1S/C7H11N3O2/c1-2-3-4-9-6-7(5-8-9)10(11)12/h5-6H,2-4H2,1H3. The van der Waals surface area contributed by atoms with Crippen LogP contribution < -0.4 is 0 Å². The van der Waals surface area contributed by atoms with Gasteiger partial charge in [-0.1, -0.05) is 13.3 Å². The molecule has 66 valence electrons. The minimum absolute atomic E-state index is 0.0612. The lowest BCUT2D eigenvalue weighted by molar-refractivity contribution is -0.385. The van der Waals surface area contributed by atoms with Crippen LogP contribution in [0.5, 0.6) is 0 Å². The molecule has 0 aliphatic carbocycles. The minimum Gasteiger partial charge on any atom is -0.266 e. The van der Waals surface area contributed by atoms with E-state index in [2.05, 4.69) is 12.0 Å². The number of rotatable bonds is 4. The highest BCUT2D eigenvalue weighted by molar-refractivity contribution is 5.20. The van der Waals surface area contributed by atoms with Gasteiger partial charge in [-0.2, -0.15) is 5.10 Å². The van der Waals surface area contributed by atoms with E-state index in [0.29, 0.717) is 0 Å². The highest BCUT2D eigenvalue weighted by atomic mass is 16.6. The fourth-order valence-electron chi connectivity index (χ4n) is 0.889. The molecular weight excluding hydrogens is 158 g/mol. The van der Waals surface area contributed by atoms with Gasteiger partial charge >= 0.3 is 5.69 Å². The van der Waals surface area contributed by atoms with Crippen molar-refractivity contribution in [1.29, 1.82) is 0 Å². The summed E-state index contributed by atoms with van der Waals surface area (Å²) >= 11 is 0. The van der Waals surface area contributed by atoms with E-state index in [9.17, 15) is 10.1 Å². The second-order valence-electron chi connectivity index (χ2n) is 2.57. The van der Waals surface area contributed by atoms with E-state index in [1.54, 1.807) is 4.68 Å². The van der Waals surface area contributed by atoms with Gasteiger partial charge in [0, 0.05) is 6.54 Å². The maximum atomic E-state index is 10.2. The first-order chi connectivity index (χ1) is 5.74. The highest BCUT2D eigenvalue weighted by Crippen LogP contribution is 2.08. The molecule has 1 heterocycles. The Kier molecular flexibility index (Phi) is 2.79. The van der Waals surface area contributed by atoms with Gasteiger partial charge in [-0.25, -0.2) is 0 Å². The van der Waals surface area contributed by atoms with Crippen molar-refractivity contribution in [2.75, 3.05) is 0 Å². The van der Waals surface area contributed by atoms with Crippen LogP contribution in [-0.4, -0.2) is 14.7 Å². The zero-order valence-corrected chi connectivity index (χ0v) is 6.93. The summed E-state index contributed by atoms with van der Waals surface area (Å²) in [6, 6.07) is 0. The normalized spacial score (nSPS) is 10.1. The topological polar surface area (TPSA) is 61.0 Å². The van der Waals surface area contributed by atoms with Gasteiger partial charge in [0.1, 0.15) is 12.4 Å². The van der Waals surface area contributed by atoms with Gasteiger partial charge in [0.25, 0.3) is 0 Å². The summed E-state index contributed by atoms with van der Waals surface area (Å²) in [6.45, 7) is 2.82. The summed E-state index contributed by atoms with van der Waals surface area (Å²) in [7, 11) is 0. The van der Waals surface area contributed by atoms with Gasteiger partial charge < -0.3 is 0 Å². The van der Waals surface area contributed by atoms with E-state index in [-0.39, 0.29) is 5.69 Å². The molecule has 0 atom stereocenters. The number of nitrogens with zero attached hydrogens (tertiary/aromatic N) is 3. The Hall–Kier alpha value is -1.39. The summed E-state index contributed by atoms with van der Waals surface area (Å²) in [4.78, 5) is 9.81. The van der Waals surface area contributed by atoms with Gasteiger partial charge in [0.05, 0.1) is 4.92 Å². The summed E-state index contributed by atoms with van der Waals surface area (Å²) in [5.74, 6) is 0. The molecular formula is C7H11N3O2. The lowest BCUT2D eigenvalue weighted by Crippen LogP contribution is -1.97. The van der Waals surface area contributed by atoms with Crippen molar-refractivity contribution >= 4 is 5.69 Å². The quantitative estimate of drug-likeness (QED) is 0.508. The number of nitro groups is 1. The molecule has 0 aliphatic rings. The van der Waals surface area contributed by atoms with Crippen LogP contribution in [-0.2, 0) is 6.54 Å². The van der Waals surface area contributed by atoms with Crippen LogP contribution in [0.1, 0.15) is 19.8 Å². The van der Waals surface area contributed by atoms with Crippen molar-refractivity contribution in [3.8, 4) is 0 Å². The molecule has 1 aromatic rings. The highest BCUT2D eigenvalue weighted by Gasteiger charge is 2.07. The Morgan fingerprint density at radius 3 is 3.00 bits per heavy atom. The Bertz CT molecular complexity index is 269. The van der Waals surface area contributed by atoms with Crippen LogP contribution in [0.15, 0.2) is 12.4 Å². The number of unbranched alkanes of at least 4 members (excludes halogenated alkanes) is 1. The average Bonchev–Trinajstić information content (AvgIpc) is 2.48. The average molecular weight is 169 g/mol. The van der Waals surface area contributed by atoms with Gasteiger partial charge in [-0.05, 0) is 6.42 Å². The third-order valence-corrected chi connectivity index (χ3v) is 1.57. The molecule has 0 fully saturated rings. The van der Waals surface area contributed by atoms with Crippen molar-refractivity contribution in [2.24, 2.45) is 0 Å². The van der Waals surface area contributed by atoms with E-state index in [0.717, 1.165) is 19.4 Å². The van der Waals surface area contributed by atoms with Gasteiger partial charge in [-0.15, -0.1) is 0 Å². The van der Waals surface area contributed by atoms with E-state index in [1.807, 2.05) is 0 Å². The Labute approximate surface area is 70.2 Å². The molecule has 0 saturated carbocycles. The predicted octanol–water partition coefficient (Wildman–Crippen LogP) is 1.59. The van der Waals surface area contributed by atoms with Crippen molar-refractivity contribution in [2.45, 2.75) is 26.3 Å². The van der Waals surface area contributed by atoms with Crippen LogP contribution in [0, 0.1) is 10.1 Å². The first-order valence-electron chi connectivity index (χ1n) is 3.91. The molecule has 0 saturated heterocycles. The van der Waals surface area contributed by atoms with Crippen LogP contribution in [0.3, 0.4) is 0 Å². The lowest BCUT2D eigenvalue weighted by Gasteiger charge is -1.95. The summed E-state index contributed by atoms with van der Waals surface area (Å²) in [5.41, 5.74) is 0.0612. The molecule has 0 aliphatic heterocycles. The zero-order chi connectivity index (χ0) is 8.97. The van der Waals surface area contributed by atoms with Crippen molar-refractivity contribution in [1.82, 2.24) is 9.78 Å². The molecule has 0 unspecified atom stereocenters. The van der Waals surface area contributed by atoms with Gasteiger partial charge in [-0.3, -0.25) is 14.8 Å². The fraction of sp³-hybridized carbons (Fsp3) is 0.571. The van der Waals surface area contributed by atoms with Crippen LogP contribution in [0.4, 0.5) is 5.69 Å². The fourth-order valence-corrected chi connectivity index (χ4v) is 0.889. The molecule has 0 aromatic carbocycles. The van der Waals surface area contributed by atoms with Gasteiger partial charge in [0.2, 0.25) is 0 Å². The lowest BCUT2D eigenvalue weighted by atomic mass is 10.3. The van der Waals surface area contributed by atoms with Crippen molar-refractivity contribution in [3.63, 3.8) is 0 Å². The smallest absolute Gasteiger partial charge is 0.266 e. The van der Waals surface area contributed by atoms with Crippen molar-refractivity contribution < 1.29 is 4.92 Å². The predicted molar refractivity (Wildman–Crippen MR) is 43.8 cm³/mol. The molecule has 0 radical (unpaired) electrons. The summed E-state index contributed by atoms with van der Waals surface area (Å²) < 4.78 is 1.60. The zero-order valence-electron chi connectivity index (χ0n) is 6.93. The van der Waals surface area contributed by atoms with Crippen LogP contribution in [0.25, 0.3) is 0 Å². The van der Waals surface area contributed by atoms with Crippen molar-refractivity contribution in [3.05, 3.63) is 22.5 Å². The summed E-state index contributed by atoms with van der Waals surface area (Å²) in [6.07, 6.45) is 4.79. The monoisotopic (exact) mass is 169 g/mol. The van der Waals surface area contributed by atoms with Crippen LogP contribution >= 0.6 is 0 Å². The molecule has 1 rings (SSSR count). The van der Waals surface area contributed by atoms with E-state index in [4.69, 9.17) is 0 Å².